The highest BCUT2D eigenvalue weighted by molar-refractivity contribution is 5.94. The third-order valence-corrected chi connectivity index (χ3v) is 2.32. The number of carbonyl (C=O) groups is 1. The fourth-order valence-electron chi connectivity index (χ4n) is 1.22. The zero-order valence-electron chi connectivity index (χ0n) is 9.71. The molecule has 0 aliphatic rings. The lowest BCUT2D eigenvalue weighted by molar-refractivity contribution is 0.0867. The Bertz CT molecular complexity index is 379. The second-order valence-corrected chi connectivity index (χ2v) is 3.74. The van der Waals surface area contributed by atoms with Crippen molar-refractivity contribution in [3.05, 3.63) is 35.1 Å². The number of nitrogens with one attached hydrogen (secondary N) is 1. The molecule has 88 valence electrons. The van der Waals surface area contributed by atoms with Crippen molar-refractivity contribution in [1.29, 1.82) is 0 Å². The highest BCUT2D eigenvalue weighted by Crippen LogP contribution is 2.09. The van der Waals surface area contributed by atoms with Crippen molar-refractivity contribution in [2.24, 2.45) is 0 Å². The molecule has 0 radical (unpaired) electrons. The van der Waals surface area contributed by atoms with Gasteiger partial charge in [-0.2, -0.15) is 0 Å². The van der Waals surface area contributed by atoms with Gasteiger partial charge in [0, 0.05) is 13.7 Å². The number of hydrogen-bond donors (Lipinski definition) is 1. The van der Waals surface area contributed by atoms with Gasteiger partial charge in [-0.1, -0.05) is 6.07 Å². The van der Waals surface area contributed by atoms with E-state index in [0.29, 0.717) is 6.54 Å². The number of amides is 1. The molecule has 1 aromatic carbocycles. The van der Waals surface area contributed by atoms with Crippen LogP contribution in [-0.4, -0.2) is 25.7 Å². The van der Waals surface area contributed by atoms with Gasteiger partial charge in [-0.3, -0.25) is 4.79 Å². The lowest BCUT2D eigenvalue weighted by atomic mass is 10.1. The third-order valence-electron chi connectivity index (χ3n) is 2.32. The first-order valence-corrected chi connectivity index (χ1v) is 5.11. The van der Waals surface area contributed by atoms with E-state index in [4.69, 9.17) is 4.74 Å². The van der Waals surface area contributed by atoms with Gasteiger partial charge in [-0.05, 0) is 31.5 Å². The molecule has 16 heavy (non-hydrogen) atoms. The SMILES string of the molecule is COC(C)CNC(=O)c1ccc(C)cc1F. The lowest BCUT2D eigenvalue weighted by Crippen LogP contribution is -2.32. The Balaban J connectivity index is 2.66. The summed E-state index contributed by atoms with van der Waals surface area (Å²) in [5, 5.41) is 2.61. The Morgan fingerprint density at radius 1 is 1.56 bits per heavy atom. The van der Waals surface area contributed by atoms with Crippen LogP contribution in [0, 0.1) is 12.7 Å². The van der Waals surface area contributed by atoms with Gasteiger partial charge in [0.05, 0.1) is 11.7 Å². The summed E-state index contributed by atoms with van der Waals surface area (Å²) in [7, 11) is 1.56. The summed E-state index contributed by atoms with van der Waals surface area (Å²) in [6, 6.07) is 4.53. The average molecular weight is 225 g/mol. The smallest absolute Gasteiger partial charge is 0.254 e. The first-order valence-electron chi connectivity index (χ1n) is 5.11. The molecule has 0 aromatic heterocycles. The minimum absolute atomic E-state index is 0.0638. The van der Waals surface area contributed by atoms with Crippen molar-refractivity contribution in [2.45, 2.75) is 20.0 Å². The van der Waals surface area contributed by atoms with Gasteiger partial charge in [-0.25, -0.2) is 4.39 Å². The van der Waals surface area contributed by atoms with E-state index in [9.17, 15) is 9.18 Å². The van der Waals surface area contributed by atoms with E-state index in [2.05, 4.69) is 5.32 Å². The maximum absolute atomic E-state index is 13.4. The fraction of sp³-hybridized carbons (Fsp3) is 0.417. The highest BCUT2D eigenvalue weighted by atomic mass is 19.1. The Labute approximate surface area is 94.6 Å². The number of carbonyl (C=O) groups excluding carboxylic acids is 1. The van der Waals surface area contributed by atoms with Gasteiger partial charge >= 0.3 is 0 Å². The monoisotopic (exact) mass is 225 g/mol. The molecule has 4 heteroatoms. The Hall–Kier alpha value is -1.42. The number of ether oxygens (including phenoxy) is 1. The highest BCUT2D eigenvalue weighted by Gasteiger charge is 2.11. The first kappa shape index (κ1) is 12.6. The molecule has 1 atom stereocenters. The van der Waals surface area contributed by atoms with E-state index < -0.39 is 11.7 Å². The van der Waals surface area contributed by atoms with Crippen molar-refractivity contribution in [3.8, 4) is 0 Å². The van der Waals surface area contributed by atoms with Gasteiger partial charge in [-0.15, -0.1) is 0 Å². The molecule has 1 unspecified atom stereocenters. The summed E-state index contributed by atoms with van der Waals surface area (Å²) in [5.41, 5.74) is 0.855. The van der Waals surface area contributed by atoms with Crippen molar-refractivity contribution in [3.63, 3.8) is 0 Å². The van der Waals surface area contributed by atoms with Crippen LogP contribution in [0.15, 0.2) is 18.2 Å². The molecule has 0 aliphatic heterocycles. The zero-order valence-corrected chi connectivity index (χ0v) is 9.71. The second-order valence-electron chi connectivity index (χ2n) is 3.74. The van der Waals surface area contributed by atoms with Crippen LogP contribution in [0.3, 0.4) is 0 Å². The zero-order chi connectivity index (χ0) is 12.1. The van der Waals surface area contributed by atoms with E-state index >= 15 is 0 Å². The number of aryl methyl sites for hydroxylation is 1. The Morgan fingerprint density at radius 3 is 2.81 bits per heavy atom. The molecule has 1 rings (SSSR count). The summed E-state index contributed by atoms with van der Waals surface area (Å²) < 4.78 is 18.4. The molecule has 1 aromatic rings. The van der Waals surface area contributed by atoms with E-state index in [-0.39, 0.29) is 11.7 Å². The number of hydrogen-bond acceptors (Lipinski definition) is 2. The average Bonchev–Trinajstić information content (AvgIpc) is 2.25. The summed E-state index contributed by atoms with van der Waals surface area (Å²) >= 11 is 0. The van der Waals surface area contributed by atoms with Gasteiger partial charge < -0.3 is 10.1 Å². The lowest BCUT2D eigenvalue weighted by Gasteiger charge is -2.11. The minimum Gasteiger partial charge on any atom is -0.380 e. The molecule has 1 amide bonds. The van der Waals surface area contributed by atoms with Crippen LogP contribution in [0.2, 0.25) is 0 Å². The third kappa shape index (κ3) is 3.31. The van der Waals surface area contributed by atoms with Crippen LogP contribution >= 0.6 is 0 Å². The molecule has 3 nitrogen and oxygen atoms in total. The van der Waals surface area contributed by atoms with Crippen molar-refractivity contribution >= 4 is 5.91 Å². The largest absolute Gasteiger partial charge is 0.380 e. The minimum atomic E-state index is -0.498. The fourth-order valence-corrected chi connectivity index (χ4v) is 1.22. The Morgan fingerprint density at radius 2 is 2.25 bits per heavy atom. The number of methoxy groups -OCH3 is 1. The quantitative estimate of drug-likeness (QED) is 0.850. The molecule has 0 fully saturated rings. The van der Waals surface area contributed by atoms with Gasteiger partial charge in [0.25, 0.3) is 5.91 Å². The first-order chi connectivity index (χ1) is 7.54. The molecular weight excluding hydrogens is 209 g/mol. The van der Waals surface area contributed by atoms with Crippen LogP contribution in [0.1, 0.15) is 22.8 Å². The number of rotatable bonds is 4. The molecular formula is C12H16FNO2. The topological polar surface area (TPSA) is 38.3 Å². The van der Waals surface area contributed by atoms with Crippen molar-refractivity contribution < 1.29 is 13.9 Å². The van der Waals surface area contributed by atoms with Crippen molar-refractivity contribution in [1.82, 2.24) is 5.32 Å². The van der Waals surface area contributed by atoms with Gasteiger partial charge in [0.1, 0.15) is 5.82 Å². The summed E-state index contributed by atoms with van der Waals surface area (Å²) in [6.07, 6.45) is -0.0857. The number of benzene rings is 1. The van der Waals surface area contributed by atoms with E-state index in [1.54, 1.807) is 20.1 Å². The van der Waals surface area contributed by atoms with Crippen LogP contribution in [0.5, 0.6) is 0 Å². The van der Waals surface area contributed by atoms with Crippen LogP contribution in [0.25, 0.3) is 0 Å². The van der Waals surface area contributed by atoms with E-state index in [1.807, 2.05) is 6.92 Å². The maximum Gasteiger partial charge on any atom is 0.254 e. The summed E-state index contributed by atoms with van der Waals surface area (Å²) in [5.74, 6) is -0.913. The normalized spacial score (nSPS) is 12.2. The predicted octanol–water partition coefficient (Wildman–Crippen LogP) is 1.90. The maximum atomic E-state index is 13.4. The number of halogens is 1. The second kappa shape index (κ2) is 5.61. The molecule has 0 heterocycles. The summed E-state index contributed by atoms with van der Waals surface area (Å²) in [6.45, 7) is 3.96. The van der Waals surface area contributed by atoms with Crippen molar-refractivity contribution in [2.75, 3.05) is 13.7 Å². The Kier molecular flexibility index (Phi) is 4.43. The van der Waals surface area contributed by atoms with Crippen LogP contribution < -0.4 is 5.32 Å². The molecule has 0 spiro atoms. The van der Waals surface area contributed by atoms with E-state index in [1.165, 1.54) is 12.1 Å². The van der Waals surface area contributed by atoms with Crippen LogP contribution in [0.4, 0.5) is 4.39 Å². The van der Waals surface area contributed by atoms with Crippen LogP contribution in [-0.2, 0) is 4.74 Å². The van der Waals surface area contributed by atoms with E-state index in [0.717, 1.165) is 5.56 Å². The summed E-state index contributed by atoms with van der Waals surface area (Å²) in [4.78, 5) is 11.6. The predicted molar refractivity (Wildman–Crippen MR) is 59.9 cm³/mol. The molecule has 0 aliphatic carbocycles. The molecule has 0 saturated heterocycles. The molecule has 0 bridgehead atoms. The standard InChI is InChI=1S/C12H16FNO2/c1-8-4-5-10(11(13)6-8)12(15)14-7-9(2)16-3/h4-6,9H,7H2,1-3H3,(H,14,15). The van der Waals surface area contributed by atoms with Gasteiger partial charge in [0.15, 0.2) is 0 Å². The van der Waals surface area contributed by atoms with Gasteiger partial charge in [0.2, 0.25) is 0 Å². The molecule has 1 N–H and O–H groups in total. The molecule has 0 saturated carbocycles.